The maximum absolute atomic E-state index is 13.0. The molecule has 0 saturated carbocycles. The van der Waals surface area contributed by atoms with Crippen LogP contribution in [0.5, 0.6) is 0 Å². The fourth-order valence-electron chi connectivity index (χ4n) is 8.45. The Morgan fingerprint density at radius 1 is 0.550 bits per heavy atom. The van der Waals surface area contributed by atoms with Gasteiger partial charge >= 0.3 is 0 Å². The zero-order valence-electron chi connectivity index (χ0n) is 39.2. The Labute approximate surface area is 369 Å². The molecule has 0 aromatic carbocycles. The van der Waals surface area contributed by atoms with Gasteiger partial charge < -0.3 is 40.3 Å². The number of rotatable bonds is 44. The van der Waals surface area contributed by atoms with Gasteiger partial charge in [-0.25, -0.2) is 0 Å². The van der Waals surface area contributed by atoms with Crippen molar-refractivity contribution in [3.8, 4) is 0 Å². The zero-order valence-corrected chi connectivity index (χ0v) is 39.2. The second-order valence-corrected chi connectivity index (χ2v) is 18.3. The summed E-state index contributed by atoms with van der Waals surface area (Å²) in [7, 11) is 0. The topological polar surface area (TPSA) is 149 Å². The lowest BCUT2D eigenvalue weighted by atomic mass is 9.99. The summed E-state index contributed by atoms with van der Waals surface area (Å²) in [5.74, 6) is -0.172. The number of carbonyl (C=O) groups excluding carboxylic acids is 1. The van der Waals surface area contributed by atoms with Gasteiger partial charge in [-0.3, -0.25) is 4.79 Å². The Morgan fingerprint density at radius 3 is 1.30 bits per heavy atom. The van der Waals surface area contributed by atoms with E-state index in [0.717, 1.165) is 38.5 Å². The van der Waals surface area contributed by atoms with Gasteiger partial charge in [0.05, 0.1) is 25.4 Å². The molecule has 1 aliphatic heterocycles. The van der Waals surface area contributed by atoms with Crippen molar-refractivity contribution in [2.45, 2.75) is 294 Å². The normalized spacial score (nSPS) is 20.6. The van der Waals surface area contributed by atoms with Gasteiger partial charge in [-0.05, 0) is 19.3 Å². The van der Waals surface area contributed by atoms with E-state index in [2.05, 4.69) is 19.2 Å². The number of unbranched alkanes of at least 4 members (excludes halogenated alkanes) is 34. The van der Waals surface area contributed by atoms with E-state index in [-0.39, 0.29) is 12.5 Å². The quantitative estimate of drug-likeness (QED) is 0.0262. The molecular formula is C51H99NO8. The molecule has 1 saturated heterocycles. The van der Waals surface area contributed by atoms with Crippen LogP contribution in [0.2, 0.25) is 0 Å². The number of nitrogens with one attached hydrogen (secondary N) is 1. The summed E-state index contributed by atoms with van der Waals surface area (Å²) in [5, 5.41) is 54.4. The summed E-state index contributed by atoms with van der Waals surface area (Å²) in [5.41, 5.74) is 0. The first-order chi connectivity index (χ1) is 29.3. The molecule has 1 aliphatic rings. The number of aliphatic hydroxyl groups is 5. The molecule has 1 amide bonds. The summed E-state index contributed by atoms with van der Waals surface area (Å²) < 4.78 is 11.2. The minimum absolute atomic E-state index is 0.172. The van der Waals surface area contributed by atoms with E-state index < -0.39 is 49.5 Å². The largest absolute Gasteiger partial charge is 0.394 e. The van der Waals surface area contributed by atoms with E-state index in [1.54, 1.807) is 6.08 Å². The summed E-state index contributed by atoms with van der Waals surface area (Å²) in [4.78, 5) is 13.0. The van der Waals surface area contributed by atoms with Gasteiger partial charge in [0.2, 0.25) is 5.91 Å². The van der Waals surface area contributed by atoms with Gasteiger partial charge in [-0.15, -0.1) is 0 Å². The van der Waals surface area contributed by atoms with E-state index in [4.69, 9.17) is 9.47 Å². The molecule has 1 fully saturated rings. The van der Waals surface area contributed by atoms with E-state index in [1.807, 2.05) is 6.08 Å². The molecule has 0 bridgehead atoms. The molecule has 356 valence electrons. The number of carbonyl (C=O) groups is 1. The van der Waals surface area contributed by atoms with Gasteiger partial charge in [-0.1, -0.05) is 238 Å². The highest BCUT2D eigenvalue weighted by atomic mass is 16.7. The van der Waals surface area contributed by atoms with Gasteiger partial charge in [-0.2, -0.15) is 0 Å². The minimum Gasteiger partial charge on any atom is -0.394 e. The fraction of sp³-hybridized carbons (Fsp3) is 0.941. The zero-order chi connectivity index (χ0) is 43.7. The van der Waals surface area contributed by atoms with E-state index in [0.29, 0.717) is 6.42 Å². The number of amides is 1. The van der Waals surface area contributed by atoms with Gasteiger partial charge in [0.1, 0.15) is 24.4 Å². The molecule has 9 heteroatoms. The van der Waals surface area contributed by atoms with Gasteiger partial charge in [0.15, 0.2) is 6.29 Å². The number of aliphatic hydroxyl groups excluding tert-OH is 5. The van der Waals surface area contributed by atoms with Crippen molar-refractivity contribution in [3.63, 3.8) is 0 Å². The molecule has 1 heterocycles. The number of ether oxygens (including phenoxy) is 2. The second kappa shape index (κ2) is 41.9. The van der Waals surface area contributed by atoms with E-state index in [1.165, 1.54) is 193 Å². The molecule has 0 radical (unpaired) electrons. The second-order valence-electron chi connectivity index (χ2n) is 18.3. The Hall–Kier alpha value is -1.07. The smallest absolute Gasteiger partial charge is 0.220 e. The van der Waals surface area contributed by atoms with E-state index in [9.17, 15) is 30.3 Å². The van der Waals surface area contributed by atoms with Crippen molar-refractivity contribution in [2.75, 3.05) is 13.2 Å². The summed E-state index contributed by atoms with van der Waals surface area (Å²) in [6.45, 7) is 3.80. The summed E-state index contributed by atoms with van der Waals surface area (Å²) in [6.07, 6.45) is 42.6. The van der Waals surface area contributed by atoms with Gasteiger partial charge in [0.25, 0.3) is 0 Å². The van der Waals surface area contributed by atoms with Crippen molar-refractivity contribution in [3.05, 3.63) is 12.2 Å². The molecule has 0 aromatic rings. The summed E-state index contributed by atoms with van der Waals surface area (Å²) >= 11 is 0. The van der Waals surface area contributed by atoms with Crippen molar-refractivity contribution in [2.24, 2.45) is 0 Å². The molecule has 9 nitrogen and oxygen atoms in total. The Bertz CT molecular complexity index is 950. The Morgan fingerprint density at radius 2 is 0.917 bits per heavy atom. The van der Waals surface area contributed by atoms with Crippen LogP contribution >= 0.6 is 0 Å². The number of hydrogen-bond donors (Lipinski definition) is 6. The van der Waals surface area contributed by atoms with Crippen LogP contribution in [0.15, 0.2) is 12.2 Å². The fourth-order valence-corrected chi connectivity index (χ4v) is 8.45. The van der Waals surface area contributed by atoms with Crippen molar-refractivity contribution >= 4 is 5.91 Å². The average molecular weight is 854 g/mol. The maximum atomic E-state index is 13.0. The first kappa shape index (κ1) is 56.9. The van der Waals surface area contributed by atoms with E-state index >= 15 is 0 Å². The van der Waals surface area contributed by atoms with Crippen molar-refractivity contribution in [1.29, 1.82) is 0 Å². The standard InChI is InChI=1S/C51H99NO8/c1-3-5-7-9-11-13-15-17-19-21-22-23-24-25-26-28-30-32-34-36-38-40-45(54)44(43-59-51-50(58)49(57)48(56)46(42-53)60-51)52-47(55)41-39-37-35-33-31-29-27-20-18-16-14-12-10-8-6-4-2/h38,40,44-46,48-51,53-54,56-58H,3-37,39,41-43H2,1-2H3,(H,52,55)/b40-38+. The third-order valence-electron chi connectivity index (χ3n) is 12.6. The predicted octanol–water partition coefficient (Wildman–Crippen LogP) is 11.7. The number of hydrogen-bond acceptors (Lipinski definition) is 8. The lowest BCUT2D eigenvalue weighted by molar-refractivity contribution is -0.302. The molecule has 7 atom stereocenters. The summed E-state index contributed by atoms with van der Waals surface area (Å²) in [6, 6.07) is -0.799. The Kier molecular flexibility index (Phi) is 39.8. The highest BCUT2D eigenvalue weighted by Crippen LogP contribution is 2.23. The molecule has 7 unspecified atom stereocenters. The van der Waals surface area contributed by atoms with Crippen LogP contribution in [0, 0.1) is 0 Å². The molecule has 0 aromatic heterocycles. The minimum atomic E-state index is -1.56. The van der Waals surface area contributed by atoms with Crippen LogP contribution in [0.1, 0.15) is 251 Å². The third-order valence-corrected chi connectivity index (χ3v) is 12.6. The molecule has 0 spiro atoms. The molecular weight excluding hydrogens is 755 g/mol. The van der Waals surface area contributed by atoms with Gasteiger partial charge in [0, 0.05) is 6.42 Å². The lowest BCUT2D eigenvalue weighted by Gasteiger charge is -2.40. The third kappa shape index (κ3) is 31.7. The predicted molar refractivity (Wildman–Crippen MR) is 249 cm³/mol. The number of allylic oxidation sites excluding steroid dienone is 1. The monoisotopic (exact) mass is 854 g/mol. The maximum Gasteiger partial charge on any atom is 0.220 e. The van der Waals surface area contributed by atoms with Crippen LogP contribution in [0.4, 0.5) is 0 Å². The first-order valence-corrected chi connectivity index (χ1v) is 25.9. The van der Waals surface area contributed by atoms with Crippen LogP contribution < -0.4 is 5.32 Å². The van der Waals surface area contributed by atoms with Crippen LogP contribution in [0.25, 0.3) is 0 Å². The lowest BCUT2D eigenvalue weighted by Crippen LogP contribution is -2.60. The Balaban J connectivity index is 2.28. The van der Waals surface area contributed by atoms with Crippen LogP contribution in [-0.4, -0.2) is 87.5 Å². The van der Waals surface area contributed by atoms with Crippen molar-refractivity contribution < 1.29 is 39.8 Å². The van der Waals surface area contributed by atoms with Crippen molar-refractivity contribution in [1.82, 2.24) is 5.32 Å². The SMILES string of the molecule is CCCCCCCCCCCCCCCCCCCCC/C=C/C(O)C(COC1OC(CO)C(O)C(O)C1O)NC(=O)CCCCCCCCCCCCCCCCCC. The molecule has 1 rings (SSSR count). The average Bonchev–Trinajstić information content (AvgIpc) is 3.25. The molecule has 0 aliphatic carbocycles. The molecule has 60 heavy (non-hydrogen) atoms. The van der Waals surface area contributed by atoms with Crippen LogP contribution in [-0.2, 0) is 14.3 Å². The van der Waals surface area contributed by atoms with Crippen LogP contribution in [0.3, 0.4) is 0 Å². The first-order valence-electron chi connectivity index (χ1n) is 25.9. The highest BCUT2D eigenvalue weighted by molar-refractivity contribution is 5.76. The molecule has 6 N–H and O–H groups in total. The highest BCUT2D eigenvalue weighted by Gasteiger charge is 2.44.